The molecule has 21 heavy (non-hydrogen) atoms. The van der Waals surface area contributed by atoms with Crippen LogP contribution in [0.2, 0.25) is 0 Å². The minimum atomic E-state index is 0.806. The third-order valence-electron chi connectivity index (χ3n) is 3.56. The van der Waals surface area contributed by atoms with Gasteiger partial charge in [0.1, 0.15) is 5.75 Å². The third-order valence-corrected chi connectivity index (χ3v) is 4.61. The Labute approximate surface area is 145 Å². The van der Waals surface area contributed by atoms with Gasteiger partial charge in [0.2, 0.25) is 0 Å². The molecule has 2 N–H and O–H groups in total. The smallest absolute Gasteiger partial charge is 0.137 e. The van der Waals surface area contributed by atoms with E-state index < -0.39 is 0 Å². The second-order valence-electron chi connectivity index (χ2n) is 5.15. The van der Waals surface area contributed by atoms with Crippen molar-refractivity contribution >= 4 is 31.9 Å². The number of rotatable bonds is 10. The first-order valence-corrected chi connectivity index (χ1v) is 9.15. The van der Waals surface area contributed by atoms with Crippen LogP contribution in [0.15, 0.2) is 21.1 Å². The van der Waals surface area contributed by atoms with Gasteiger partial charge in [-0.3, -0.25) is 4.90 Å². The number of halogens is 2. The molecule has 0 unspecified atom stereocenters. The number of ether oxygens (including phenoxy) is 1. The molecule has 0 fully saturated rings. The molecular weight excluding hydrogens is 396 g/mol. The molecule has 0 aliphatic rings. The van der Waals surface area contributed by atoms with E-state index in [0.29, 0.717) is 0 Å². The van der Waals surface area contributed by atoms with Crippen LogP contribution in [0.5, 0.6) is 5.75 Å². The maximum absolute atomic E-state index is 5.53. The minimum Gasteiger partial charge on any atom is -0.495 e. The van der Waals surface area contributed by atoms with Crippen LogP contribution in [0, 0.1) is 0 Å². The molecular formula is C16H26Br2N2O. The zero-order chi connectivity index (χ0) is 15.7. The highest BCUT2D eigenvalue weighted by molar-refractivity contribution is 9.11. The lowest BCUT2D eigenvalue weighted by Gasteiger charge is -2.22. The average molecular weight is 422 g/mol. The zero-order valence-corrected chi connectivity index (χ0v) is 16.2. The van der Waals surface area contributed by atoms with Crippen LogP contribution in [0.25, 0.3) is 0 Å². The standard InChI is InChI=1S/C16H26Br2N2O/c1-3-20(9-7-5-4-6-8-19)12-13-10-14(17)11-15(18)16(13)21-2/h10-11H,3-9,12,19H2,1-2H3. The van der Waals surface area contributed by atoms with Crippen molar-refractivity contribution in [1.82, 2.24) is 4.90 Å². The monoisotopic (exact) mass is 420 g/mol. The Morgan fingerprint density at radius 1 is 1.14 bits per heavy atom. The van der Waals surface area contributed by atoms with Gasteiger partial charge in [0.25, 0.3) is 0 Å². The Morgan fingerprint density at radius 3 is 2.48 bits per heavy atom. The van der Waals surface area contributed by atoms with Gasteiger partial charge in [-0.15, -0.1) is 0 Å². The van der Waals surface area contributed by atoms with Crippen molar-refractivity contribution in [2.24, 2.45) is 5.73 Å². The number of unbranched alkanes of at least 4 members (excludes halogenated alkanes) is 3. The first kappa shape index (κ1) is 18.9. The van der Waals surface area contributed by atoms with Crippen LogP contribution >= 0.6 is 31.9 Å². The molecule has 0 bridgehead atoms. The van der Waals surface area contributed by atoms with Crippen LogP contribution < -0.4 is 10.5 Å². The summed E-state index contributed by atoms with van der Waals surface area (Å²) in [4.78, 5) is 2.46. The second-order valence-corrected chi connectivity index (χ2v) is 6.92. The van der Waals surface area contributed by atoms with Crippen LogP contribution in [0.4, 0.5) is 0 Å². The van der Waals surface area contributed by atoms with Gasteiger partial charge in [-0.2, -0.15) is 0 Å². The average Bonchev–Trinajstić information content (AvgIpc) is 2.45. The third kappa shape index (κ3) is 6.68. The Bertz CT molecular complexity index is 427. The largest absolute Gasteiger partial charge is 0.495 e. The molecule has 0 saturated heterocycles. The van der Waals surface area contributed by atoms with E-state index in [4.69, 9.17) is 10.5 Å². The van der Waals surface area contributed by atoms with Gasteiger partial charge in [-0.05, 0) is 60.5 Å². The van der Waals surface area contributed by atoms with E-state index in [1.165, 1.54) is 24.8 Å². The van der Waals surface area contributed by atoms with Gasteiger partial charge >= 0.3 is 0 Å². The second kappa shape index (κ2) is 10.6. The number of benzene rings is 1. The Kier molecular flexibility index (Phi) is 9.56. The molecule has 5 heteroatoms. The summed E-state index contributed by atoms with van der Waals surface area (Å²) in [6, 6.07) is 4.16. The highest BCUT2D eigenvalue weighted by Gasteiger charge is 2.12. The summed E-state index contributed by atoms with van der Waals surface area (Å²) in [7, 11) is 1.72. The van der Waals surface area contributed by atoms with E-state index in [9.17, 15) is 0 Å². The molecule has 0 aliphatic heterocycles. The van der Waals surface area contributed by atoms with E-state index in [1.807, 2.05) is 6.07 Å². The summed E-state index contributed by atoms with van der Waals surface area (Å²) in [6.07, 6.45) is 4.86. The van der Waals surface area contributed by atoms with Crippen molar-refractivity contribution in [3.8, 4) is 5.75 Å². The molecule has 0 heterocycles. The zero-order valence-electron chi connectivity index (χ0n) is 13.0. The van der Waals surface area contributed by atoms with Crippen LogP contribution in [0.3, 0.4) is 0 Å². The summed E-state index contributed by atoms with van der Waals surface area (Å²) >= 11 is 7.12. The molecule has 120 valence electrons. The first-order chi connectivity index (χ1) is 10.1. The number of methoxy groups -OCH3 is 1. The summed E-state index contributed by atoms with van der Waals surface area (Å²) in [6.45, 7) is 6.09. The predicted octanol–water partition coefficient (Wildman–Crippen LogP) is 4.56. The fraction of sp³-hybridized carbons (Fsp3) is 0.625. The topological polar surface area (TPSA) is 38.5 Å². The summed E-state index contributed by atoms with van der Waals surface area (Å²) in [5, 5.41) is 0. The van der Waals surface area contributed by atoms with Crippen LogP contribution in [-0.2, 0) is 6.54 Å². The summed E-state index contributed by atoms with van der Waals surface area (Å²) < 4.78 is 7.59. The van der Waals surface area contributed by atoms with E-state index >= 15 is 0 Å². The minimum absolute atomic E-state index is 0.806. The molecule has 0 spiro atoms. The normalized spacial score (nSPS) is 11.1. The Hall–Kier alpha value is -0.100. The molecule has 1 rings (SSSR count). The fourth-order valence-electron chi connectivity index (χ4n) is 2.38. The lowest BCUT2D eigenvalue weighted by Crippen LogP contribution is -2.24. The van der Waals surface area contributed by atoms with Crippen molar-refractivity contribution < 1.29 is 4.74 Å². The number of nitrogens with two attached hydrogens (primary N) is 1. The van der Waals surface area contributed by atoms with Gasteiger partial charge < -0.3 is 10.5 Å². The maximum atomic E-state index is 5.53. The number of nitrogens with zero attached hydrogens (tertiary/aromatic N) is 1. The molecule has 3 nitrogen and oxygen atoms in total. The SMILES string of the molecule is CCN(CCCCCCN)Cc1cc(Br)cc(Br)c1OC. The van der Waals surface area contributed by atoms with E-state index in [1.54, 1.807) is 7.11 Å². The lowest BCUT2D eigenvalue weighted by molar-refractivity contribution is 0.267. The van der Waals surface area contributed by atoms with Crippen molar-refractivity contribution in [2.75, 3.05) is 26.7 Å². The highest BCUT2D eigenvalue weighted by Crippen LogP contribution is 2.33. The van der Waals surface area contributed by atoms with E-state index in [-0.39, 0.29) is 0 Å². The number of hydrogen-bond acceptors (Lipinski definition) is 3. The van der Waals surface area contributed by atoms with E-state index in [0.717, 1.165) is 47.3 Å². The van der Waals surface area contributed by atoms with Crippen molar-refractivity contribution in [2.45, 2.75) is 39.2 Å². The van der Waals surface area contributed by atoms with Crippen molar-refractivity contribution in [3.05, 3.63) is 26.6 Å². The molecule has 0 saturated carbocycles. The van der Waals surface area contributed by atoms with Crippen LogP contribution in [0.1, 0.15) is 38.2 Å². The van der Waals surface area contributed by atoms with Crippen molar-refractivity contribution in [1.29, 1.82) is 0 Å². The van der Waals surface area contributed by atoms with Crippen LogP contribution in [-0.4, -0.2) is 31.6 Å². The maximum Gasteiger partial charge on any atom is 0.137 e. The van der Waals surface area contributed by atoms with Gasteiger partial charge in [0, 0.05) is 16.6 Å². The molecule has 0 radical (unpaired) electrons. The Morgan fingerprint density at radius 2 is 1.86 bits per heavy atom. The van der Waals surface area contributed by atoms with Gasteiger partial charge in [-0.1, -0.05) is 35.7 Å². The fourth-order valence-corrected chi connectivity index (χ4v) is 3.86. The summed E-state index contributed by atoms with van der Waals surface area (Å²) in [5.74, 6) is 0.930. The number of hydrogen-bond donors (Lipinski definition) is 1. The molecule has 0 aliphatic carbocycles. The lowest BCUT2D eigenvalue weighted by atomic mass is 10.1. The van der Waals surface area contributed by atoms with Gasteiger partial charge in [-0.25, -0.2) is 0 Å². The highest BCUT2D eigenvalue weighted by atomic mass is 79.9. The molecule has 1 aromatic rings. The van der Waals surface area contributed by atoms with Gasteiger partial charge in [0.15, 0.2) is 0 Å². The van der Waals surface area contributed by atoms with E-state index in [2.05, 4.69) is 49.7 Å². The molecule has 0 atom stereocenters. The first-order valence-electron chi connectivity index (χ1n) is 7.56. The summed E-state index contributed by atoms with van der Waals surface area (Å²) in [5.41, 5.74) is 6.74. The predicted molar refractivity (Wildman–Crippen MR) is 96.9 cm³/mol. The molecule has 0 aromatic heterocycles. The molecule has 1 aromatic carbocycles. The Balaban J connectivity index is 2.60. The quantitative estimate of drug-likeness (QED) is 0.562. The van der Waals surface area contributed by atoms with Crippen molar-refractivity contribution in [3.63, 3.8) is 0 Å². The van der Waals surface area contributed by atoms with Gasteiger partial charge in [0.05, 0.1) is 11.6 Å². The molecule has 0 amide bonds.